The molecule has 136 valence electrons. The third kappa shape index (κ3) is 4.81. The van der Waals surface area contributed by atoms with Crippen molar-refractivity contribution in [2.45, 2.75) is 22.3 Å². The summed E-state index contributed by atoms with van der Waals surface area (Å²) in [6.07, 6.45) is 1.36. The number of aryl methyl sites for hydroxylation is 1. The lowest BCUT2D eigenvalue weighted by atomic mass is 10.2. The Kier molecular flexibility index (Phi) is 5.86. The highest BCUT2D eigenvalue weighted by molar-refractivity contribution is 8.01. The van der Waals surface area contributed by atoms with Crippen molar-refractivity contribution in [1.82, 2.24) is 20.0 Å². The third-order valence-electron chi connectivity index (χ3n) is 3.24. The van der Waals surface area contributed by atoms with E-state index in [4.69, 9.17) is 4.74 Å². The van der Waals surface area contributed by atoms with Crippen LogP contribution in [0.1, 0.15) is 17.3 Å². The minimum absolute atomic E-state index is 0.122. The van der Waals surface area contributed by atoms with E-state index in [-0.39, 0.29) is 18.6 Å². The Bertz CT molecular complexity index is 882. The van der Waals surface area contributed by atoms with Crippen LogP contribution >= 0.6 is 23.1 Å². The molecule has 2 aromatic heterocycles. The highest BCUT2D eigenvalue weighted by Crippen LogP contribution is 2.32. The molecule has 0 saturated carbocycles. The largest absolute Gasteiger partial charge is 0.488 e. The van der Waals surface area contributed by atoms with Crippen LogP contribution in [0.15, 0.2) is 45.2 Å². The van der Waals surface area contributed by atoms with Crippen LogP contribution in [-0.4, -0.2) is 43.7 Å². The molecule has 0 spiro atoms. The molecule has 0 aliphatic heterocycles. The van der Waals surface area contributed by atoms with Crippen LogP contribution in [0.25, 0.3) is 0 Å². The molecule has 1 atom stereocenters. The van der Waals surface area contributed by atoms with Crippen molar-refractivity contribution in [3.8, 4) is 5.75 Å². The van der Waals surface area contributed by atoms with E-state index in [1.165, 1.54) is 23.1 Å². The Morgan fingerprint density at radius 3 is 2.96 bits per heavy atom. The minimum Gasteiger partial charge on any atom is -0.488 e. The molecule has 2 heterocycles. The molecule has 1 aromatic carbocycles. The second-order valence-corrected chi connectivity index (χ2v) is 7.59. The second-order valence-electron chi connectivity index (χ2n) is 5.44. The number of amides is 1. The van der Waals surface area contributed by atoms with Gasteiger partial charge in [0, 0.05) is 29.8 Å². The number of carbonyl (C=O) groups excluding carboxylic acids is 1. The van der Waals surface area contributed by atoms with E-state index in [1.54, 1.807) is 54.6 Å². The molecule has 26 heavy (non-hydrogen) atoms. The second kappa shape index (κ2) is 8.30. The molecule has 0 aliphatic rings. The van der Waals surface area contributed by atoms with Gasteiger partial charge < -0.3 is 15.2 Å². The van der Waals surface area contributed by atoms with E-state index in [1.807, 2.05) is 0 Å². The number of aromatic nitrogens is 4. The van der Waals surface area contributed by atoms with Crippen molar-refractivity contribution in [2.75, 3.05) is 11.9 Å². The van der Waals surface area contributed by atoms with Crippen LogP contribution in [0.5, 0.6) is 5.75 Å². The van der Waals surface area contributed by atoms with Gasteiger partial charge in [0.25, 0.3) is 5.91 Å². The molecule has 0 radical (unpaired) electrons. The van der Waals surface area contributed by atoms with Crippen LogP contribution in [-0.2, 0) is 7.05 Å². The van der Waals surface area contributed by atoms with Gasteiger partial charge in [-0.15, -0.1) is 10.2 Å². The van der Waals surface area contributed by atoms with Gasteiger partial charge >= 0.3 is 0 Å². The molecule has 3 rings (SSSR count). The van der Waals surface area contributed by atoms with E-state index in [9.17, 15) is 9.90 Å². The van der Waals surface area contributed by atoms with Gasteiger partial charge in [-0.05, 0) is 25.1 Å². The zero-order valence-corrected chi connectivity index (χ0v) is 15.8. The molecular weight excluding hydrogens is 374 g/mol. The Morgan fingerprint density at radius 2 is 2.31 bits per heavy atom. The standard InChI is InChI=1S/C16H17N5O3S2/c1-10(8-22)24-12-5-11(15(23)18-14-3-4-21(2)20-14)6-13(7-12)26-16-19-17-9-25-16/h3-7,9-10,22H,8H2,1-2H3,(H,18,20,23)/t10-/m0/s1. The number of rotatable bonds is 7. The highest BCUT2D eigenvalue weighted by atomic mass is 32.2. The maximum Gasteiger partial charge on any atom is 0.257 e. The minimum atomic E-state index is -0.386. The zero-order chi connectivity index (χ0) is 18.5. The first-order valence-electron chi connectivity index (χ1n) is 7.71. The highest BCUT2D eigenvalue weighted by Gasteiger charge is 2.14. The number of aliphatic hydroxyl groups excluding tert-OH is 1. The number of anilines is 1. The molecule has 2 N–H and O–H groups in total. The maximum atomic E-state index is 12.6. The Morgan fingerprint density at radius 1 is 1.46 bits per heavy atom. The fraction of sp³-hybridized carbons (Fsp3) is 0.250. The summed E-state index contributed by atoms with van der Waals surface area (Å²) in [7, 11) is 1.78. The Hall–Kier alpha value is -2.43. The van der Waals surface area contributed by atoms with E-state index in [0.717, 1.165) is 9.24 Å². The molecule has 0 bridgehead atoms. The van der Waals surface area contributed by atoms with Crippen LogP contribution in [0.4, 0.5) is 5.82 Å². The lowest BCUT2D eigenvalue weighted by molar-refractivity contribution is 0.102. The summed E-state index contributed by atoms with van der Waals surface area (Å²) in [6.45, 7) is 1.63. The van der Waals surface area contributed by atoms with Gasteiger partial charge in [-0.1, -0.05) is 23.1 Å². The SMILES string of the molecule is C[C@@H](CO)Oc1cc(Sc2nncs2)cc(C(=O)Nc2ccn(C)n2)c1. The summed E-state index contributed by atoms with van der Waals surface area (Å²) in [5, 5.41) is 23.9. The summed E-state index contributed by atoms with van der Waals surface area (Å²) in [5.74, 6) is 0.656. The van der Waals surface area contributed by atoms with Crippen molar-refractivity contribution >= 4 is 34.8 Å². The fourth-order valence-corrected chi connectivity index (χ4v) is 3.62. The predicted molar refractivity (Wildman–Crippen MR) is 98.8 cm³/mol. The first-order chi connectivity index (χ1) is 12.5. The Labute approximate surface area is 158 Å². The summed E-state index contributed by atoms with van der Waals surface area (Å²) in [6, 6.07) is 6.90. The molecule has 0 unspecified atom stereocenters. The van der Waals surface area contributed by atoms with E-state index < -0.39 is 0 Å². The van der Waals surface area contributed by atoms with Gasteiger partial charge in [-0.25, -0.2) is 0 Å². The molecule has 1 amide bonds. The van der Waals surface area contributed by atoms with Crippen molar-refractivity contribution in [3.63, 3.8) is 0 Å². The molecule has 8 nitrogen and oxygen atoms in total. The number of benzene rings is 1. The number of aliphatic hydroxyl groups is 1. The average Bonchev–Trinajstić information content (AvgIpc) is 3.26. The molecule has 0 aliphatic carbocycles. The topological polar surface area (TPSA) is 102 Å². The monoisotopic (exact) mass is 391 g/mol. The fourth-order valence-electron chi connectivity index (χ4n) is 2.08. The first-order valence-corrected chi connectivity index (χ1v) is 9.40. The molecule has 3 aromatic rings. The van der Waals surface area contributed by atoms with Crippen molar-refractivity contribution in [2.24, 2.45) is 7.05 Å². The summed E-state index contributed by atoms with van der Waals surface area (Å²) >= 11 is 2.80. The van der Waals surface area contributed by atoms with E-state index in [0.29, 0.717) is 17.1 Å². The summed E-state index contributed by atoms with van der Waals surface area (Å²) in [4.78, 5) is 13.4. The lowest BCUT2D eigenvalue weighted by Gasteiger charge is -2.14. The first kappa shape index (κ1) is 18.4. The van der Waals surface area contributed by atoms with Crippen LogP contribution in [0, 0.1) is 0 Å². The molecule has 0 fully saturated rings. The third-order valence-corrected chi connectivity index (χ3v) is 4.99. The van der Waals surface area contributed by atoms with E-state index >= 15 is 0 Å². The smallest absolute Gasteiger partial charge is 0.257 e. The lowest BCUT2D eigenvalue weighted by Crippen LogP contribution is -2.17. The van der Waals surface area contributed by atoms with Crippen LogP contribution in [0.2, 0.25) is 0 Å². The number of carbonyl (C=O) groups is 1. The van der Waals surface area contributed by atoms with Gasteiger partial charge in [0.15, 0.2) is 10.2 Å². The summed E-state index contributed by atoms with van der Waals surface area (Å²) < 4.78 is 8.04. The summed E-state index contributed by atoms with van der Waals surface area (Å²) in [5.41, 5.74) is 2.07. The van der Waals surface area contributed by atoms with Gasteiger partial charge in [0.05, 0.1) is 6.61 Å². The molecule has 10 heteroatoms. The number of ether oxygens (including phenoxy) is 1. The van der Waals surface area contributed by atoms with Gasteiger partial charge in [0.2, 0.25) is 0 Å². The number of hydrogen-bond acceptors (Lipinski definition) is 8. The van der Waals surface area contributed by atoms with Gasteiger partial charge in [-0.2, -0.15) is 5.10 Å². The average molecular weight is 391 g/mol. The number of hydrogen-bond donors (Lipinski definition) is 2. The van der Waals surface area contributed by atoms with Crippen molar-refractivity contribution < 1.29 is 14.6 Å². The van der Waals surface area contributed by atoms with Crippen LogP contribution in [0.3, 0.4) is 0 Å². The maximum absolute atomic E-state index is 12.6. The number of nitrogens with zero attached hydrogens (tertiary/aromatic N) is 4. The van der Waals surface area contributed by atoms with Gasteiger partial charge in [0.1, 0.15) is 17.4 Å². The quantitative estimate of drug-likeness (QED) is 0.638. The van der Waals surface area contributed by atoms with E-state index in [2.05, 4.69) is 20.6 Å². The molecule has 0 saturated heterocycles. The van der Waals surface area contributed by atoms with Gasteiger partial charge in [-0.3, -0.25) is 9.48 Å². The number of nitrogens with one attached hydrogen (secondary N) is 1. The van der Waals surface area contributed by atoms with Crippen molar-refractivity contribution in [3.05, 3.63) is 41.5 Å². The normalized spacial score (nSPS) is 12.0. The zero-order valence-electron chi connectivity index (χ0n) is 14.1. The Balaban J connectivity index is 1.86. The predicted octanol–water partition coefficient (Wildman–Crippen LogP) is 2.43. The van der Waals surface area contributed by atoms with Crippen LogP contribution < -0.4 is 10.1 Å². The molecular formula is C16H17N5O3S2. The van der Waals surface area contributed by atoms with Crippen molar-refractivity contribution in [1.29, 1.82) is 0 Å².